The fourth-order valence-corrected chi connectivity index (χ4v) is 4.18. The van der Waals surface area contributed by atoms with Crippen LogP contribution in [0.25, 0.3) is 10.8 Å². The Morgan fingerprint density at radius 2 is 2.00 bits per heavy atom. The van der Waals surface area contributed by atoms with Gasteiger partial charge in [0, 0.05) is 29.3 Å². The Hall–Kier alpha value is -3.26. The minimum absolute atomic E-state index is 0.00761. The molecule has 28 heavy (non-hydrogen) atoms. The molecule has 7 nitrogen and oxygen atoms in total. The molecule has 8 heteroatoms. The van der Waals surface area contributed by atoms with Crippen LogP contribution in [0.15, 0.2) is 41.8 Å². The Balaban J connectivity index is 1.45. The molecule has 142 valence electrons. The van der Waals surface area contributed by atoms with E-state index in [-0.39, 0.29) is 17.5 Å². The van der Waals surface area contributed by atoms with Crippen molar-refractivity contribution in [2.45, 2.75) is 19.4 Å². The highest BCUT2D eigenvalue weighted by molar-refractivity contribution is 7.09. The number of carbonyl (C=O) groups is 3. The number of carboxylic acids is 1. The van der Waals surface area contributed by atoms with E-state index in [1.807, 2.05) is 30.3 Å². The van der Waals surface area contributed by atoms with Gasteiger partial charge in [0.05, 0.1) is 10.7 Å². The normalized spacial score (nSPS) is 13.8. The second-order valence-corrected chi connectivity index (χ2v) is 7.45. The molecule has 0 aliphatic carbocycles. The molecular formula is C20H17N3O4S. The predicted molar refractivity (Wildman–Crippen MR) is 106 cm³/mol. The number of hydrogen-bond donors (Lipinski definition) is 2. The predicted octanol–water partition coefficient (Wildman–Crippen LogP) is 2.70. The standard InChI is InChI=1S/C20H17N3O4S/c1-11(18(24)21-9-8-16-22-14(10-28-16)20(26)27)23-15-7-3-5-12-4-2-6-13(17(12)15)19(23)25/h2-7,10-11H,8-9H2,1H3,(H,21,24)(H,26,27). The van der Waals surface area contributed by atoms with Crippen molar-refractivity contribution in [1.82, 2.24) is 10.3 Å². The summed E-state index contributed by atoms with van der Waals surface area (Å²) in [6.07, 6.45) is 0.431. The molecular weight excluding hydrogens is 378 g/mol. The number of carbonyl (C=O) groups excluding carboxylic acids is 2. The molecule has 0 radical (unpaired) electrons. The second kappa shape index (κ2) is 7.05. The van der Waals surface area contributed by atoms with Gasteiger partial charge in [0.25, 0.3) is 5.91 Å². The van der Waals surface area contributed by atoms with E-state index < -0.39 is 12.0 Å². The largest absolute Gasteiger partial charge is 0.476 e. The fourth-order valence-electron chi connectivity index (χ4n) is 3.41. The van der Waals surface area contributed by atoms with E-state index in [4.69, 9.17) is 5.11 Å². The number of benzene rings is 2. The van der Waals surface area contributed by atoms with Crippen molar-refractivity contribution >= 4 is 45.6 Å². The van der Waals surface area contributed by atoms with Crippen LogP contribution in [-0.4, -0.2) is 40.5 Å². The molecule has 3 aromatic rings. The summed E-state index contributed by atoms with van der Waals surface area (Å²) in [7, 11) is 0. The third kappa shape index (κ3) is 3.01. The minimum Gasteiger partial charge on any atom is -0.476 e. The highest BCUT2D eigenvalue weighted by Crippen LogP contribution is 2.38. The average Bonchev–Trinajstić information content (AvgIpc) is 3.27. The lowest BCUT2D eigenvalue weighted by atomic mass is 10.1. The van der Waals surface area contributed by atoms with Crippen molar-refractivity contribution in [2.24, 2.45) is 0 Å². The van der Waals surface area contributed by atoms with Gasteiger partial charge in [-0.05, 0) is 24.4 Å². The third-order valence-corrected chi connectivity index (χ3v) is 5.68. The first-order chi connectivity index (χ1) is 13.5. The Bertz CT molecular complexity index is 1100. The Morgan fingerprint density at radius 3 is 2.71 bits per heavy atom. The molecule has 2 aromatic carbocycles. The molecule has 1 unspecified atom stereocenters. The first-order valence-electron chi connectivity index (χ1n) is 8.78. The monoisotopic (exact) mass is 395 g/mol. The van der Waals surface area contributed by atoms with E-state index in [0.29, 0.717) is 23.5 Å². The maximum atomic E-state index is 12.9. The molecule has 0 spiro atoms. The SMILES string of the molecule is CC(C(=O)NCCc1nc(C(=O)O)cs1)N1C(=O)c2cccc3cccc1c23. The van der Waals surface area contributed by atoms with Crippen LogP contribution in [0.4, 0.5) is 5.69 Å². The van der Waals surface area contributed by atoms with Crippen LogP contribution in [0.5, 0.6) is 0 Å². The summed E-state index contributed by atoms with van der Waals surface area (Å²) in [5.41, 5.74) is 1.36. The van der Waals surface area contributed by atoms with E-state index in [2.05, 4.69) is 10.3 Å². The van der Waals surface area contributed by atoms with Crippen molar-refractivity contribution in [3.63, 3.8) is 0 Å². The zero-order valence-electron chi connectivity index (χ0n) is 15.0. The summed E-state index contributed by atoms with van der Waals surface area (Å²) in [5, 5.41) is 15.7. The number of aromatic nitrogens is 1. The number of aromatic carboxylic acids is 1. The Labute approximate surface area is 164 Å². The number of nitrogens with one attached hydrogen (secondary N) is 1. The zero-order chi connectivity index (χ0) is 19.8. The lowest BCUT2D eigenvalue weighted by Crippen LogP contribution is -2.47. The molecule has 2 N–H and O–H groups in total. The lowest BCUT2D eigenvalue weighted by molar-refractivity contribution is -0.121. The summed E-state index contributed by atoms with van der Waals surface area (Å²) in [6, 6.07) is 10.6. The van der Waals surface area contributed by atoms with Gasteiger partial charge in [-0.3, -0.25) is 14.5 Å². The number of thiazole rings is 1. The summed E-state index contributed by atoms with van der Waals surface area (Å²) >= 11 is 1.24. The topological polar surface area (TPSA) is 99.6 Å². The minimum atomic E-state index is -1.07. The molecule has 4 rings (SSSR count). The van der Waals surface area contributed by atoms with E-state index in [1.165, 1.54) is 21.6 Å². The molecule has 0 fully saturated rings. The van der Waals surface area contributed by atoms with E-state index in [9.17, 15) is 14.4 Å². The second-order valence-electron chi connectivity index (χ2n) is 6.50. The number of anilines is 1. The molecule has 1 aliphatic rings. The van der Waals surface area contributed by atoms with Crippen LogP contribution in [0, 0.1) is 0 Å². The van der Waals surface area contributed by atoms with Gasteiger partial charge in [-0.1, -0.05) is 24.3 Å². The van der Waals surface area contributed by atoms with Gasteiger partial charge in [0.15, 0.2) is 5.69 Å². The van der Waals surface area contributed by atoms with Crippen molar-refractivity contribution in [1.29, 1.82) is 0 Å². The van der Waals surface area contributed by atoms with Gasteiger partial charge in [-0.2, -0.15) is 0 Å². The number of carboxylic acid groups (broad SMARTS) is 1. The zero-order valence-corrected chi connectivity index (χ0v) is 15.8. The molecule has 1 aromatic heterocycles. The number of nitrogens with zero attached hydrogens (tertiary/aromatic N) is 2. The van der Waals surface area contributed by atoms with Crippen LogP contribution < -0.4 is 10.2 Å². The number of amides is 2. The van der Waals surface area contributed by atoms with Crippen molar-refractivity contribution in [3.05, 3.63) is 58.0 Å². The molecule has 0 bridgehead atoms. The van der Waals surface area contributed by atoms with Gasteiger partial charge < -0.3 is 10.4 Å². The molecule has 2 heterocycles. The van der Waals surface area contributed by atoms with Crippen LogP contribution in [0.2, 0.25) is 0 Å². The third-order valence-electron chi connectivity index (χ3n) is 4.77. The van der Waals surface area contributed by atoms with E-state index in [0.717, 1.165) is 16.5 Å². The first kappa shape index (κ1) is 18.1. The molecule has 0 saturated heterocycles. The van der Waals surface area contributed by atoms with Crippen LogP contribution in [-0.2, 0) is 11.2 Å². The van der Waals surface area contributed by atoms with E-state index in [1.54, 1.807) is 13.0 Å². The van der Waals surface area contributed by atoms with Crippen molar-refractivity contribution < 1.29 is 19.5 Å². The number of hydrogen-bond acceptors (Lipinski definition) is 5. The van der Waals surface area contributed by atoms with Gasteiger partial charge in [-0.25, -0.2) is 9.78 Å². The van der Waals surface area contributed by atoms with Crippen molar-refractivity contribution in [2.75, 3.05) is 11.4 Å². The summed E-state index contributed by atoms with van der Waals surface area (Å²) < 4.78 is 0. The summed E-state index contributed by atoms with van der Waals surface area (Å²) in [5.74, 6) is -1.52. The van der Waals surface area contributed by atoms with E-state index >= 15 is 0 Å². The van der Waals surface area contributed by atoms with Crippen LogP contribution in [0.1, 0.15) is 32.8 Å². The maximum Gasteiger partial charge on any atom is 0.355 e. The first-order valence-corrected chi connectivity index (χ1v) is 9.66. The lowest BCUT2D eigenvalue weighted by Gasteiger charge is -2.24. The quantitative estimate of drug-likeness (QED) is 0.669. The average molecular weight is 395 g/mol. The Kier molecular flexibility index (Phi) is 4.56. The maximum absolute atomic E-state index is 12.9. The Morgan fingerprint density at radius 1 is 1.25 bits per heavy atom. The highest BCUT2D eigenvalue weighted by atomic mass is 32.1. The van der Waals surface area contributed by atoms with Crippen LogP contribution >= 0.6 is 11.3 Å². The van der Waals surface area contributed by atoms with Gasteiger partial charge in [0.1, 0.15) is 6.04 Å². The van der Waals surface area contributed by atoms with Gasteiger partial charge in [-0.15, -0.1) is 11.3 Å². The summed E-state index contributed by atoms with van der Waals surface area (Å²) in [6.45, 7) is 2.01. The molecule has 2 amide bonds. The van der Waals surface area contributed by atoms with Crippen molar-refractivity contribution in [3.8, 4) is 0 Å². The highest BCUT2D eigenvalue weighted by Gasteiger charge is 2.35. The molecule has 1 aliphatic heterocycles. The van der Waals surface area contributed by atoms with Crippen LogP contribution in [0.3, 0.4) is 0 Å². The smallest absolute Gasteiger partial charge is 0.355 e. The van der Waals surface area contributed by atoms with Gasteiger partial charge >= 0.3 is 5.97 Å². The molecule has 0 saturated carbocycles. The number of rotatable bonds is 6. The summed E-state index contributed by atoms with van der Waals surface area (Å²) in [4.78, 5) is 41.9. The molecule has 1 atom stereocenters. The van der Waals surface area contributed by atoms with Gasteiger partial charge in [0.2, 0.25) is 5.91 Å². The fraction of sp³-hybridized carbons (Fsp3) is 0.200.